The maximum Gasteiger partial charge on any atom is 0.243 e. The van der Waals surface area contributed by atoms with Crippen LogP contribution in [0.3, 0.4) is 0 Å². The van der Waals surface area contributed by atoms with Crippen molar-refractivity contribution in [2.45, 2.75) is 38.8 Å². The number of carbonyl (C=O) groups excluding carboxylic acids is 1. The van der Waals surface area contributed by atoms with Gasteiger partial charge in [0, 0.05) is 19.0 Å². The van der Waals surface area contributed by atoms with Crippen LogP contribution in [0.4, 0.5) is 0 Å². The molecule has 0 unspecified atom stereocenters. The number of hydrogen-bond donors (Lipinski definition) is 1. The van der Waals surface area contributed by atoms with Crippen LogP contribution < -0.4 is 5.32 Å². The minimum Gasteiger partial charge on any atom is -0.348 e. The quantitative estimate of drug-likeness (QED) is 0.848. The van der Waals surface area contributed by atoms with Crippen LogP contribution in [0.25, 0.3) is 11.0 Å². The summed E-state index contributed by atoms with van der Waals surface area (Å²) in [6.07, 6.45) is 4.76. The van der Waals surface area contributed by atoms with Crippen molar-refractivity contribution in [3.05, 3.63) is 42.2 Å². The lowest BCUT2D eigenvalue weighted by atomic mass is 10.2. The number of aryl methyl sites for hydroxylation is 1. The summed E-state index contributed by atoms with van der Waals surface area (Å²) in [5, 5.41) is 2.79. The molecule has 1 saturated carbocycles. The second kappa shape index (κ2) is 5.12. The topological polar surface area (TPSA) is 46.9 Å². The number of imidazole rings is 1. The van der Waals surface area contributed by atoms with E-state index in [0.717, 1.165) is 23.3 Å². The predicted octanol–water partition coefficient (Wildman–Crippen LogP) is 2.74. The number of fused-ring (bicyclic) bond motifs is 1. The fraction of sp³-hybridized carbons (Fsp3) is 0.375. The highest BCUT2D eigenvalue weighted by molar-refractivity contribution is 5.86. The van der Waals surface area contributed by atoms with Crippen molar-refractivity contribution in [3.8, 4) is 0 Å². The van der Waals surface area contributed by atoms with Crippen molar-refractivity contribution < 1.29 is 4.79 Å². The Bertz CT molecular complexity index is 668. The summed E-state index contributed by atoms with van der Waals surface area (Å²) in [6.45, 7) is 6.10. The van der Waals surface area contributed by atoms with Crippen LogP contribution in [-0.2, 0) is 17.8 Å². The van der Waals surface area contributed by atoms with Crippen LogP contribution in [-0.4, -0.2) is 15.5 Å². The molecule has 1 fully saturated rings. The maximum atomic E-state index is 11.2. The molecule has 1 aromatic heterocycles. The lowest BCUT2D eigenvalue weighted by molar-refractivity contribution is -0.116. The number of hydrogen-bond acceptors (Lipinski definition) is 2. The van der Waals surface area contributed by atoms with Gasteiger partial charge in [0.05, 0.1) is 11.0 Å². The van der Waals surface area contributed by atoms with Crippen molar-refractivity contribution in [2.75, 3.05) is 0 Å². The summed E-state index contributed by atoms with van der Waals surface area (Å²) < 4.78 is 2.38. The van der Waals surface area contributed by atoms with Gasteiger partial charge in [-0.25, -0.2) is 4.98 Å². The second-order valence-corrected chi connectivity index (χ2v) is 5.23. The zero-order valence-electron chi connectivity index (χ0n) is 11.7. The molecule has 1 aromatic carbocycles. The van der Waals surface area contributed by atoms with Crippen molar-refractivity contribution in [3.63, 3.8) is 0 Å². The Morgan fingerprint density at radius 3 is 3.00 bits per heavy atom. The Morgan fingerprint density at radius 1 is 1.55 bits per heavy atom. The van der Waals surface area contributed by atoms with Gasteiger partial charge in [0.2, 0.25) is 5.91 Å². The summed E-state index contributed by atoms with van der Waals surface area (Å²) >= 11 is 0. The molecule has 20 heavy (non-hydrogen) atoms. The molecular formula is C16H19N3O. The average Bonchev–Trinajstić information content (AvgIpc) is 3.24. The van der Waals surface area contributed by atoms with Gasteiger partial charge < -0.3 is 9.88 Å². The molecule has 0 spiro atoms. The standard InChI is InChI=1S/C16H19N3O/c1-3-15-18-13-9-11(10-17-16(20)4-2)5-8-14(13)19(15)12-6-7-12/h4-5,8-9,12H,2-3,6-7,10H2,1H3,(H,17,20). The minimum atomic E-state index is -0.150. The average molecular weight is 269 g/mol. The lowest BCUT2D eigenvalue weighted by Gasteiger charge is -2.06. The largest absolute Gasteiger partial charge is 0.348 e. The van der Waals surface area contributed by atoms with Crippen molar-refractivity contribution in [1.29, 1.82) is 0 Å². The molecule has 1 N–H and O–H groups in total. The van der Waals surface area contributed by atoms with Gasteiger partial charge in [-0.1, -0.05) is 19.6 Å². The highest BCUT2D eigenvalue weighted by Gasteiger charge is 2.27. The highest BCUT2D eigenvalue weighted by atomic mass is 16.1. The van der Waals surface area contributed by atoms with E-state index < -0.39 is 0 Å². The molecule has 1 aliphatic carbocycles. The normalized spacial score (nSPS) is 14.4. The maximum absolute atomic E-state index is 11.2. The van der Waals surface area contributed by atoms with E-state index in [1.165, 1.54) is 24.4 Å². The number of amides is 1. The molecule has 0 aliphatic heterocycles. The minimum absolute atomic E-state index is 0.150. The van der Waals surface area contributed by atoms with Gasteiger partial charge in [-0.2, -0.15) is 0 Å². The van der Waals surface area contributed by atoms with E-state index in [9.17, 15) is 4.79 Å². The summed E-state index contributed by atoms with van der Waals surface area (Å²) in [4.78, 5) is 15.9. The fourth-order valence-corrected chi connectivity index (χ4v) is 2.56. The highest BCUT2D eigenvalue weighted by Crippen LogP contribution is 2.38. The van der Waals surface area contributed by atoms with Crippen molar-refractivity contribution in [2.24, 2.45) is 0 Å². The fourth-order valence-electron chi connectivity index (χ4n) is 2.56. The van der Waals surface area contributed by atoms with Gasteiger partial charge in [0.15, 0.2) is 0 Å². The van der Waals surface area contributed by atoms with Gasteiger partial charge in [-0.05, 0) is 36.6 Å². The number of carbonyl (C=O) groups is 1. The van der Waals surface area contributed by atoms with E-state index >= 15 is 0 Å². The molecule has 0 atom stereocenters. The molecule has 104 valence electrons. The first-order valence-electron chi connectivity index (χ1n) is 7.13. The molecule has 1 heterocycles. The number of aromatic nitrogens is 2. The van der Waals surface area contributed by atoms with E-state index in [1.807, 2.05) is 0 Å². The Kier molecular flexibility index (Phi) is 3.30. The van der Waals surface area contributed by atoms with Crippen LogP contribution >= 0.6 is 0 Å². The Morgan fingerprint density at radius 2 is 2.35 bits per heavy atom. The molecule has 2 aromatic rings. The Hall–Kier alpha value is -2.10. The first-order valence-corrected chi connectivity index (χ1v) is 7.13. The second-order valence-electron chi connectivity index (χ2n) is 5.23. The molecule has 1 amide bonds. The zero-order valence-corrected chi connectivity index (χ0v) is 11.7. The zero-order chi connectivity index (χ0) is 14.1. The lowest BCUT2D eigenvalue weighted by Crippen LogP contribution is -2.19. The molecule has 4 heteroatoms. The number of rotatable bonds is 5. The third kappa shape index (κ3) is 2.33. The van der Waals surface area contributed by atoms with E-state index in [1.54, 1.807) is 0 Å². The van der Waals surface area contributed by atoms with Crippen molar-refractivity contribution >= 4 is 16.9 Å². The molecule has 0 radical (unpaired) electrons. The van der Waals surface area contributed by atoms with E-state index in [2.05, 4.69) is 41.6 Å². The monoisotopic (exact) mass is 269 g/mol. The molecule has 1 aliphatic rings. The summed E-state index contributed by atoms with van der Waals surface area (Å²) in [5.74, 6) is 1.01. The van der Waals surface area contributed by atoms with Gasteiger partial charge in [-0.15, -0.1) is 0 Å². The van der Waals surface area contributed by atoms with Crippen LogP contribution in [0, 0.1) is 0 Å². The first kappa shape index (κ1) is 12.9. The molecular weight excluding hydrogens is 250 g/mol. The number of benzene rings is 1. The molecule has 3 rings (SSSR count). The summed E-state index contributed by atoms with van der Waals surface area (Å²) in [7, 11) is 0. The van der Waals surface area contributed by atoms with Crippen LogP contribution in [0.15, 0.2) is 30.9 Å². The van der Waals surface area contributed by atoms with Gasteiger partial charge in [0.25, 0.3) is 0 Å². The molecule has 0 saturated heterocycles. The predicted molar refractivity (Wildman–Crippen MR) is 79.4 cm³/mol. The van der Waals surface area contributed by atoms with Crippen LogP contribution in [0.5, 0.6) is 0 Å². The van der Waals surface area contributed by atoms with Crippen LogP contribution in [0.1, 0.15) is 37.2 Å². The van der Waals surface area contributed by atoms with Gasteiger partial charge >= 0.3 is 0 Å². The number of nitrogens with zero attached hydrogens (tertiary/aromatic N) is 2. The van der Waals surface area contributed by atoms with E-state index in [-0.39, 0.29) is 5.91 Å². The van der Waals surface area contributed by atoms with Crippen molar-refractivity contribution in [1.82, 2.24) is 14.9 Å². The molecule has 4 nitrogen and oxygen atoms in total. The molecule has 0 bridgehead atoms. The Labute approximate surface area is 118 Å². The van der Waals surface area contributed by atoms with Crippen LogP contribution in [0.2, 0.25) is 0 Å². The third-order valence-electron chi connectivity index (χ3n) is 3.71. The first-order chi connectivity index (χ1) is 9.72. The van der Waals surface area contributed by atoms with Gasteiger partial charge in [-0.3, -0.25) is 4.79 Å². The van der Waals surface area contributed by atoms with E-state index in [0.29, 0.717) is 12.6 Å². The third-order valence-corrected chi connectivity index (χ3v) is 3.71. The summed E-state index contributed by atoms with van der Waals surface area (Å²) in [6, 6.07) is 6.89. The SMILES string of the molecule is C=CC(=O)NCc1ccc2c(c1)nc(CC)n2C1CC1. The smallest absolute Gasteiger partial charge is 0.243 e. The Balaban J connectivity index is 1.91. The van der Waals surface area contributed by atoms with E-state index in [4.69, 9.17) is 4.98 Å². The number of nitrogens with one attached hydrogen (secondary N) is 1. The van der Waals surface area contributed by atoms with Gasteiger partial charge in [0.1, 0.15) is 5.82 Å². The summed E-state index contributed by atoms with van der Waals surface area (Å²) in [5.41, 5.74) is 3.30.